The second-order valence-corrected chi connectivity index (χ2v) is 2.90. The van der Waals surface area contributed by atoms with Crippen LogP contribution in [0.25, 0.3) is 0 Å². The zero-order valence-corrected chi connectivity index (χ0v) is 9.39. The van der Waals surface area contributed by atoms with Crippen LogP contribution >= 0.6 is 0 Å². The molecule has 0 bridgehead atoms. The molecule has 0 atom stereocenters. The lowest BCUT2D eigenvalue weighted by atomic mass is 10.1. The van der Waals surface area contributed by atoms with Crippen LogP contribution in [-0.4, -0.2) is 46.9 Å². The van der Waals surface area contributed by atoms with Crippen molar-refractivity contribution < 1.29 is 68.9 Å². The molecule has 0 radical (unpaired) electrons. The monoisotopic (exact) mass is 352 g/mol. The number of carbonyl (C=O) groups excluding carboxylic acids is 3. The minimum absolute atomic E-state index is 1.97. The molecule has 0 aromatic carbocycles. The summed E-state index contributed by atoms with van der Waals surface area (Å²) in [6, 6.07) is 0. The standard InChI is InChI=1S/C5F6O4.C2HF3O2/c6-4(7,1(12)2(13)15-11)3(14)5(8,9)10;3-2(4,5)1(6)7/h;(H,6,7). The lowest BCUT2D eigenvalue weighted by Gasteiger charge is -2.12. The molecule has 0 aliphatic rings. The van der Waals surface area contributed by atoms with Gasteiger partial charge in [-0.15, -0.1) is 0 Å². The Morgan fingerprint density at radius 1 is 0.773 bits per heavy atom. The first-order valence-electron chi connectivity index (χ1n) is 4.16. The van der Waals surface area contributed by atoms with Crippen molar-refractivity contribution in [3.05, 3.63) is 0 Å². The fraction of sp³-hybridized carbons (Fsp3) is 0.429. The Morgan fingerprint density at radius 2 is 1.09 bits per heavy atom. The Hall–Kier alpha value is -2.35. The van der Waals surface area contributed by atoms with Gasteiger partial charge in [0.05, 0.1) is 0 Å². The van der Waals surface area contributed by atoms with Crippen LogP contribution < -0.4 is 0 Å². The molecule has 0 aromatic rings. The number of halogens is 9. The van der Waals surface area contributed by atoms with Crippen LogP contribution in [0.4, 0.5) is 39.6 Å². The van der Waals surface area contributed by atoms with Crippen LogP contribution in [0.5, 0.6) is 0 Å². The van der Waals surface area contributed by atoms with Crippen molar-refractivity contribution in [1.29, 1.82) is 0 Å². The zero-order chi connectivity index (χ0) is 18.5. The number of alkyl halides is 8. The van der Waals surface area contributed by atoms with Gasteiger partial charge >= 0.3 is 41.8 Å². The van der Waals surface area contributed by atoms with Gasteiger partial charge in [-0.1, -0.05) is 0 Å². The van der Waals surface area contributed by atoms with Gasteiger partial charge in [0, 0.05) is 4.53 Å². The molecule has 15 heteroatoms. The number of carboxylic acids is 1. The largest absolute Gasteiger partial charge is 0.490 e. The van der Waals surface area contributed by atoms with E-state index in [-0.39, 0.29) is 0 Å². The molecule has 0 amide bonds. The molecule has 0 aliphatic carbocycles. The van der Waals surface area contributed by atoms with Crippen LogP contribution in [0, 0.1) is 0 Å². The zero-order valence-electron chi connectivity index (χ0n) is 9.39. The van der Waals surface area contributed by atoms with Gasteiger partial charge in [0.15, 0.2) is 0 Å². The molecule has 6 nitrogen and oxygen atoms in total. The van der Waals surface area contributed by atoms with Crippen molar-refractivity contribution in [1.82, 2.24) is 0 Å². The maximum atomic E-state index is 12.3. The van der Waals surface area contributed by atoms with Crippen LogP contribution in [0.1, 0.15) is 0 Å². The molecule has 0 unspecified atom stereocenters. The second-order valence-electron chi connectivity index (χ2n) is 2.90. The van der Waals surface area contributed by atoms with E-state index in [1.54, 1.807) is 0 Å². The third-order valence-electron chi connectivity index (χ3n) is 1.33. The molecule has 1 N–H and O–H groups in total. The van der Waals surface area contributed by atoms with Gasteiger partial charge < -0.3 is 5.11 Å². The fourth-order valence-electron chi connectivity index (χ4n) is 0.444. The van der Waals surface area contributed by atoms with E-state index in [4.69, 9.17) is 9.90 Å². The molecular formula is C7HF9O6. The number of rotatable bonds is 3. The van der Waals surface area contributed by atoms with E-state index in [0.717, 1.165) is 0 Å². The van der Waals surface area contributed by atoms with Gasteiger partial charge in [0.2, 0.25) is 0 Å². The molecule has 128 valence electrons. The number of ketones is 2. The maximum absolute atomic E-state index is 12.3. The summed E-state index contributed by atoms with van der Waals surface area (Å²) in [6.45, 7) is 0. The number of Topliss-reactive ketones (excluding diaryl/α,β-unsaturated/α-hetero) is 2. The summed E-state index contributed by atoms with van der Waals surface area (Å²) in [6.07, 6.45) is -11.1. The van der Waals surface area contributed by atoms with Gasteiger partial charge in [-0.05, 0) is 0 Å². The Kier molecular flexibility index (Phi) is 7.06. The summed E-state index contributed by atoms with van der Waals surface area (Å²) < 4.78 is 102. The van der Waals surface area contributed by atoms with Gasteiger partial charge in [-0.2, -0.15) is 35.1 Å². The summed E-state index contributed by atoms with van der Waals surface area (Å²) in [4.78, 5) is 40.7. The molecule has 0 aromatic heterocycles. The summed E-state index contributed by atoms with van der Waals surface area (Å²) >= 11 is 0. The smallest absolute Gasteiger partial charge is 0.475 e. The van der Waals surface area contributed by atoms with Gasteiger partial charge in [0.25, 0.3) is 0 Å². The first-order valence-corrected chi connectivity index (χ1v) is 4.16. The van der Waals surface area contributed by atoms with Gasteiger partial charge in [-0.3, -0.25) is 9.59 Å². The molecular weight excluding hydrogens is 351 g/mol. The van der Waals surface area contributed by atoms with Gasteiger partial charge in [0.1, 0.15) is 0 Å². The average molecular weight is 352 g/mol. The average Bonchev–Trinajstić information content (AvgIpc) is 2.34. The topological polar surface area (TPSA) is 97.7 Å². The molecule has 0 spiro atoms. The highest BCUT2D eigenvalue weighted by molar-refractivity contribution is 6.41. The minimum atomic E-state index is -6.03. The van der Waals surface area contributed by atoms with Crippen LogP contribution in [0.3, 0.4) is 0 Å². The highest BCUT2D eigenvalue weighted by Gasteiger charge is 2.62. The quantitative estimate of drug-likeness (QED) is 0.468. The van der Waals surface area contributed by atoms with Crippen molar-refractivity contribution in [2.45, 2.75) is 18.3 Å². The first-order chi connectivity index (χ1) is 9.49. The number of hydrogen-bond acceptors (Lipinski definition) is 5. The Balaban J connectivity index is 0. The van der Waals surface area contributed by atoms with E-state index in [2.05, 4.69) is 0 Å². The lowest BCUT2D eigenvalue weighted by molar-refractivity contribution is -0.205. The minimum Gasteiger partial charge on any atom is -0.475 e. The molecule has 0 aliphatic heterocycles. The molecule has 0 fully saturated rings. The van der Waals surface area contributed by atoms with Crippen molar-refractivity contribution in [3.8, 4) is 0 Å². The second kappa shape index (κ2) is 7.08. The van der Waals surface area contributed by atoms with E-state index in [1.807, 2.05) is 4.94 Å². The highest BCUT2D eigenvalue weighted by atomic mass is 19.4. The van der Waals surface area contributed by atoms with E-state index in [0.29, 0.717) is 0 Å². The number of carbonyl (C=O) groups is 4. The van der Waals surface area contributed by atoms with E-state index in [9.17, 15) is 54.0 Å². The fourth-order valence-corrected chi connectivity index (χ4v) is 0.444. The molecule has 0 heterocycles. The number of carboxylic acid groups (broad SMARTS) is 1. The van der Waals surface area contributed by atoms with Gasteiger partial charge in [-0.25, -0.2) is 14.5 Å². The van der Waals surface area contributed by atoms with Crippen molar-refractivity contribution >= 4 is 23.5 Å². The summed E-state index contributed by atoms with van der Waals surface area (Å²) in [7, 11) is 0. The third-order valence-corrected chi connectivity index (χ3v) is 1.33. The van der Waals surface area contributed by atoms with Crippen LogP contribution in [0.15, 0.2) is 0 Å². The SMILES string of the molecule is O=C(O)C(F)(F)F.O=C(OF)C(=O)C(F)(F)C(=O)C(F)(F)F. The van der Waals surface area contributed by atoms with Crippen molar-refractivity contribution in [2.24, 2.45) is 0 Å². The Bertz CT molecular complexity index is 462. The van der Waals surface area contributed by atoms with E-state index >= 15 is 0 Å². The van der Waals surface area contributed by atoms with Crippen molar-refractivity contribution in [3.63, 3.8) is 0 Å². The molecule has 0 saturated carbocycles. The third kappa shape index (κ3) is 6.40. The lowest BCUT2D eigenvalue weighted by Crippen LogP contribution is -2.48. The maximum Gasteiger partial charge on any atom is 0.490 e. The van der Waals surface area contributed by atoms with Crippen LogP contribution in [0.2, 0.25) is 0 Å². The Morgan fingerprint density at radius 3 is 1.27 bits per heavy atom. The predicted molar refractivity (Wildman–Crippen MR) is 41.9 cm³/mol. The summed E-state index contributed by atoms with van der Waals surface area (Å²) in [5.41, 5.74) is 0. The summed E-state index contributed by atoms with van der Waals surface area (Å²) in [5.74, 6) is -18.3. The normalized spacial score (nSPS) is 11.9. The first kappa shape index (κ1) is 21.9. The molecule has 0 saturated heterocycles. The predicted octanol–water partition coefficient (Wildman–Crippen LogP) is 1.38. The van der Waals surface area contributed by atoms with Crippen molar-refractivity contribution in [2.75, 3.05) is 0 Å². The van der Waals surface area contributed by atoms with E-state index < -0.39 is 41.8 Å². The molecule has 0 rings (SSSR count). The number of aliphatic carboxylic acids is 1. The number of hydrogen-bond donors (Lipinski definition) is 1. The van der Waals surface area contributed by atoms with E-state index in [1.165, 1.54) is 0 Å². The molecule has 22 heavy (non-hydrogen) atoms. The van der Waals surface area contributed by atoms with Crippen LogP contribution in [-0.2, 0) is 24.1 Å². The highest BCUT2D eigenvalue weighted by Crippen LogP contribution is 2.28. The summed E-state index contributed by atoms with van der Waals surface area (Å²) in [5, 5.41) is 7.12. The Labute approximate surface area is 112 Å².